The summed E-state index contributed by atoms with van der Waals surface area (Å²) in [5.41, 5.74) is 2.15. The molecule has 0 bridgehead atoms. The minimum absolute atomic E-state index is 0.236. The summed E-state index contributed by atoms with van der Waals surface area (Å²) in [6.07, 6.45) is 2.67. The second-order valence-corrected chi connectivity index (χ2v) is 7.43. The molecular formula is C19H26ClN3O. The van der Waals surface area contributed by atoms with E-state index in [9.17, 15) is 5.11 Å². The van der Waals surface area contributed by atoms with Crippen molar-refractivity contribution in [3.8, 4) is 0 Å². The van der Waals surface area contributed by atoms with Crippen LogP contribution in [0, 0.1) is 5.92 Å². The van der Waals surface area contributed by atoms with E-state index < -0.39 is 0 Å². The third-order valence-corrected chi connectivity index (χ3v) is 4.92. The second kappa shape index (κ2) is 7.68. The number of hydrogen-bond donors (Lipinski definition) is 1. The van der Waals surface area contributed by atoms with Gasteiger partial charge in [-0.25, -0.2) is 0 Å². The number of anilines is 1. The molecule has 1 N–H and O–H groups in total. The molecule has 1 fully saturated rings. The number of hydrogen-bond acceptors (Lipinski definition) is 4. The van der Waals surface area contributed by atoms with E-state index in [1.54, 1.807) is 0 Å². The van der Waals surface area contributed by atoms with Crippen LogP contribution >= 0.6 is 11.6 Å². The summed E-state index contributed by atoms with van der Waals surface area (Å²) < 4.78 is 0. The van der Waals surface area contributed by atoms with E-state index in [1.807, 2.05) is 18.3 Å². The maximum atomic E-state index is 9.46. The highest BCUT2D eigenvalue weighted by atomic mass is 35.5. The lowest BCUT2D eigenvalue weighted by Crippen LogP contribution is -2.54. The van der Waals surface area contributed by atoms with Crippen LogP contribution in [0.15, 0.2) is 30.5 Å². The van der Waals surface area contributed by atoms with Crippen LogP contribution in [0.4, 0.5) is 5.69 Å². The number of aliphatic hydroxyl groups excluding tert-OH is 1. The highest BCUT2D eigenvalue weighted by Gasteiger charge is 2.27. The van der Waals surface area contributed by atoms with Crippen molar-refractivity contribution in [1.29, 1.82) is 0 Å². The van der Waals surface area contributed by atoms with Crippen LogP contribution in [-0.2, 0) is 0 Å². The molecule has 5 heteroatoms. The Balaban J connectivity index is 1.85. The average molecular weight is 348 g/mol. The van der Waals surface area contributed by atoms with Gasteiger partial charge in [0, 0.05) is 61.1 Å². The minimum Gasteiger partial charge on any atom is -0.396 e. The Bertz CT molecular complexity index is 691. The van der Waals surface area contributed by atoms with Crippen LogP contribution in [0.5, 0.6) is 0 Å². The summed E-state index contributed by atoms with van der Waals surface area (Å²) in [5, 5.41) is 11.3. The van der Waals surface area contributed by atoms with Crippen molar-refractivity contribution in [1.82, 2.24) is 9.88 Å². The Kier molecular flexibility index (Phi) is 5.59. The molecule has 0 aliphatic carbocycles. The van der Waals surface area contributed by atoms with Gasteiger partial charge in [-0.1, -0.05) is 25.4 Å². The summed E-state index contributed by atoms with van der Waals surface area (Å²) in [5.74, 6) is 0.640. The first-order chi connectivity index (χ1) is 11.6. The molecule has 2 aromatic rings. The quantitative estimate of drug-likeness (QED) is 0.899. The molecule has 1 saturated heterocycles. The molecule has 4 nitrogen and oxygen atoms in total. The number of pyridine rings is 1. The van der Waals surface area contributed by atoms with Gasteiger partial charge in [0.15, 0.2) is 0 Å². The fraction of sp³-hybridized carbons (Fsp3) is 0.526. The molecule has 1 aromatic carbocycles. The third-order valence-electron chi connectivity index (χ3n) is 4.69. The number of halogens is 1. The largest absolute Gasteiger partial charge is 0.396 e. The zero-order valence-corrected chi connectivity index (χ0v) is 15.2. The zero-order chi connectivity index (χ0) is 17.1. The van der Waals surface area contributed by atoms with Crippen molar-refractivity contribution in [3.63, 3.8) is 0 Å². The van der Waals surface area contributed by atoms with E-state index in [2.05, 4.69) is 40.8 Å². The Morgan fingerprint density at radius 2 is 2.12 bits per heavy atom. The Labute approximate surface area is 149 Å². The van der Waals surface area contributed by atoms with Crippen LogP contribution in [0.1, 0.15) is 20.3 Å². The second-order valence-electron chi connectivity index (χ2n) is 6.99. The van der Waals surface area contributed by atoms with Gasteiger partial charge in [-0.3, -0.25) is 9.88 Å². The highest BCUT2D eigenvalue weighted by Crippen LogP contribution is 2.29. The first-order valence-corrected chi connectivity index (χ1v) is 9.10. The van der Waals surface area contributed by atoms with Gasteiger partial charge in [-0.05, 0) is 36.6 Å². The van der Waals surface area contributed by atoms with Gasteiger partial charge < -0.3 is 10.0 Å². The molecule has 0 amide bonds. The summed E-state index contributed by atoms with van der Waals surface area (Å²) in [6.45, 7) is 8.79. The van der Waals surface area contributed by atoms with Crippen LogP contribution in [0.3, 0.4) is 0 Å². The van der Waals surface area contributed by atoms with Crippen molar-refractivity contribution in [2.75, 3.05) is 37.7 Å². The van der Waals surface area contributed by atoms with Gasteiger partial charge in [0.2, 0.25) is 0 Å². The fourth-order valence-electron chi connectivity index (χ4n) is 3.63. The van der Waals surface area contributed by atoms with Crippen LogP contribution in [0.2, 0.25) is 5.02 Å². The number of rotatable bonds is 5. The van der Waals surface area contributed by atoms with E-state index in [0.29, 0.717) is 17.0 Å². The predicted molar refractivity (Wildman–Crippen MR) is 101 cm³/mol. The summed E-state index contributed by atoms with van der Waals surface area (Å²) in [7, 11) is 0. The van der Waals surface area contributed by atoms with Crippen molar-refractivity contribution in [3.05, 3.63) is 35.5 Å². The fourth-order valence-corrected chi connectivity index (χ4v) is 3.79. The standard InChI is InChI=1S/C19H26ClN3O/c1-14(2)12-22-8-9-23(13-16(22)6-10-24)19-5-7-21-18-11-15(20)3-4-17(18)19/h3-5,7,11,14,16,24H,6,8-10,12-13H2,1-2H3/t16-/m1/s1. The van der Waals surface area contributed by atoms with E-state index in [1.165, 1.54) is 5.69 Å². The highest BCUT2D eigenvalue weighted by molar-refractivity contribution is 6.31. The lowest BCUT2D eigenvalue weighted by molar-refractivity contribution is 0.129. The van der Waals surface area contributed by atoms with Crippen LogP contribution < -0.4 is 4.90 Å². The third kappa shape index (κ3) is 3.82. The zero-order valence-electron chi connectivity index (χ0n) is 14.5. The molecule has 0 unspecified atom stereocenters. The van der Waals surface area contributed by atoms with Crippen LogP contribution in [-0.4, -0.2) is 53.8 Å². The molecule has 1 atom stereocenters. The maximum Gasteiger partial charge on any atom is 0.0737 e. The molecule has 0 spiro atoms. The van der Waals surface area contributed by atoms with Gasteiger partial charge in [0.05, 0.1) is 5.52 Å². The smallest absolute Gasteiger partial charge is 0.0737 e. The SMILES string of the molecule is CC(C)CN1CCN(c2ccnc3cc(Cl)ccc23)C[C@H]1CCO. The average Bonchev–Trinajstić information content (AvgIpc) is 2.55. The molecule has 24 heavy (non-hydrogen) atoms. The molecule has 1 aromatic heterocycles. The Hall–Kier alpha value is -1.36. The summed E-state index contributed by atoms with van der Waals surface area (Å²) >= 11 is 6.10. The molecule has 0 radical (unpaired) electrons. The van der Waals surface area contributed by atoms with E-state index in [0.717, 1.165) is 43.5 Å². The number of piperazine rings is 1. The first kappa shape index (κ1) is 17.5. The lowest BCUT2D eigenvalue weighted by atomic mass is 10.0. The number of benzene rings is 1. The summed E-state index contributed by atoms with van der Waals surface area (Å²) in [6, 6.07) is 8.38. The number of aliphatic hydroxyl groups is 1. The summed E-state index contributed by atoms with van der Waals surface area (Å²) in [4.78, 5) is 9.40. The molecular weight excluding hydrogens is 322 g/mol. The van der Waals surface area contributed by atoms with E-state index in [4.69, 9.17) is 11.6 Å². The van der Waals surface area contributed by atoms with Crippen LogP contribution in [0.25, 0.3) is 10.9 Å². The topological polar surface area (TPSA) is 39.6 Å². The molecule has 1 aliphatic heterocycles. The van der Waals surface area contributed by atoms with Crippen molar-refractivity contribution >= 4 is 28.2 Å². The van der Waals surface area contributed by atoms with Crippen molar-refractivity contribution < 1.29 is 5.11 Å². The Morgan fingerprint density at radius 1 is 1.29 bits per heavy atom. The molecule has 3 rings (SSSR count). The number of fused-ring (bicyclic) bond motifs is 1. The number of aromatic nitrogens is 1. The molecule has 0 saturated carbocycles. The number of nitrogens with zero attached hydrogens (tertiary/aromatic N) is 3. The lowest BCUT2D eigenvalue weighted by Gasteiger charge is -2.43. The van der Waals surface area contributed by atoms with Gasteiger partial charge in [-0.2, -0.15) is 0 Å². The predicted octanol–water partition coefficient (Wildman–Crippen LogP) is 3.42. The van der Waals surface area contributed by atoms with E-state index in [-0.39, 0.29) is 6.61 Å². The van der Waals surface area contributed by atoms with Crippen molar-refractivity contribution in [2.24, 2.45) is 5.92 Å². The molecule has 1 aliphatic rings. The van der Waals surface area contributed by atoms with Gasteiger partial charge in [0.1, 0.15) is 0 Å². The minimum atomic E-state index is 0.236. The van der Waals surface area contributed by atoms with Gasteiger partial charge in [-0.15, -0.1) is 0 Å². The maximum absolute atomic E-state index is 9.46. The normalized spacial score (nSPS) is 19.4. The molecule has 2 heterocycles. The van der Waals surface area contributed by atoms with E-state index >= 15 is 0 Å². The van der Waals surface area contributed by atoms with Crippen molar-refractivity contribution in [2.45, 2.75) is 26.3 Å². The monoisotopic (exact) mass is 347 g/mol. The Morgan fingerprint density at radius 3 is 2.88 bits per heavy atom. The molecule has 130 valence electrons. The van der Waals surface area contributed by atoms with Gasteiger partial charge in [0.25, 0.3) is 0 Å². The first-order valence-electron chi connectivity index (χ1n) is 8.72. The van der Waals surface area contributed by atoms with Gasteiger partial charge >= 0.3 is 0 Å².